The number of rotatable bonds is 7. The Kier molecular flexibility index (Phi) is 8.49. The molecule has 9 heteroatoms. The van der Waals surface area contributed by atoms with Gasteiger partial charge in [0.2, 0.25) is 5.90 Å². The van der Waals surface area contributed by atoms with Crippen LogP contribution in [0.3, 0.4) is 0 Å². The van der Waals surface area contributed by atoms with Crippen LogP contribution < -0.4 is 9.47 Å². The molecule has 0 aliphatic carbocycles. The molecule has 3 aromatic rings. The molecular formula is C25H17Br3INO4. The zero-order valence-electron chi connectivity index (χ0n) is 17.8. The molecule has 3 aromatic carbocycles. The Morgan fingerprint density at radius 2 is 1.79 bits per heavy atom. The summed E-state index contributed by atoms with van der Waals surface area (Å²) in [7, 11) is 0. The average molecular weight is 762 g/mol. The topological polar surface area (TPSA) is 57.1 Å². The number of benzene rings is 3. The van der Waals surface area contributed by atoms with E-state index in [0.717, 1.165) is 29.2 Å². The highest BCUT2D eigenvalue weighted by Gasteiger charge is 2.25. The summed E-state index contributed by atoms with van der Waals surface area (Å²) in [5, 5.41) is 0. The molecule has 0 radical (unpaired) electrons. The maximum absolute atomic E-state index is 12.5. The quantitative estimate of drug-likeness (QED) is 0.140. The minimum atomic E-state index is -0.506. The fourth-order valence-electron chi connectivity index (χ4n) is 3.16. The number of ether oxygens (including phenoxy) is 3. The summed E-state index contributed by atoms with van der Waals surface area (Å²) in [6.45, 7) is 2.73. The zero-order chi connectivity index (χ0) is 24.2. The molecule has 0 atom stereocenters. The lowest BCUT2D eigenvalue weighted by atomic mass is 10.1. The predicted octanol–water partition coefficient (Wildman–Crippen LogP) is 7.90. The van der Waals surface area contributed by atoms with Gasteiger partial charge in [-0.15, -0.1) is 0 Å². The molecule has 0 unspecified atom stereocenters. The monoisotopic (exact) mass is 759 g/mol. The maximum atomic E-state index is 12.5. The Morgan fingerprint density at radius 1 is 1.00 bits per heavy atom. The highest BCUT2D eigenvalue weighted by Crippen LogP contribution is 2.38. The van der Waals surface area contributed by atoms with Gasteiger partial charge in [-0.25, -0.2) is 9.79 Å². The molecule has 34 heavy (non-hydrogen) atoms. The molecule has 1 heterocycles. The first-order valence-corrected chi connectivity index (χ1v) is 13.6. The van der Waals surface area contributed by atoms with E-state index < -0.39 is 5.97 Å². The molecule has 1 aliphatic rings. The van der Waals surface area contributed by atoms with Gasteiger partial charge >= 0.3 is 5.97 Å². The minimum Gasteiger partial charge on any atom is -0.490 e. The van der Waals surface area contributed by atoms with E-state index in [1.807, 2.05) is 61.5 Å². The molecule has 0 fully saturated rings. The van der Waals surface area contributed by atoms with Crippen molar-refractivity contribution in [3.63, 3.8) is 0 Å². The van der Waals surface area contributed by atoms with E-state index in [4.69, 9.17) is 14.2 Å². The number of halogens is 4. The van der Waals surface area contributed by atoms with Gasteiger partial charge < -0.3 is 14.2 Å². The molecule has 4 rings (SSSR count). The molecule has 1 aliphatic heterocycles. The van der Waals surface area contributed by atoms with Crippen LogP contribution in [-0.4, -0.2) is 18.5 Å². The van der Waals surface area contributed by atoms with Crippen molar-refractivity contribution in [2.75, 3.05) is 6.61 Å². The number of carbonyl (C=O) groups excluding carboxylic acids is 1. The molecule has 0 aromatic heterocycles. The fraction of sp³-hybridized carbons (Fsp3) is 0.120. The van der Waals surface area contributed by atoms with Crippen LogP contribution >= 0.6 is 70.4 Å². The number of carbonyl (C=O) groups is 1. The Hall–Kier alpha value is -1.69. The van der Waals surface area contributed by atoms with Crippen molar-refractivity contribution in [3.8, 4) is 11.5 Å². The van der Waals surface area contributed by atoms with Crippen molar-refractivity contribution in [1.82, 2.24) is 0 Å². The van der Waals surface area contributed by atoms with Gasteiger partial charge in [0, 0.05) is 23.6 Å². The second-order valence-corrected chi connectivity index (χ2v) is 10.8. The summed E-state index contributed by atoms with van der Waals surface area (Å²) in [5.41, 5.74) is 2.67. The molecule has 0 saturated carbocycles. The molecule has 0 saturated heterocycles. The first-order chi connectivity index (χ1) is 16.4. The third-order valence-electron chi connectivity index (χ3n) is 4.75. The molecule has 5 nitrogen and oxygen atoms in total. The Morgan fingerprint density at radius 3 is 2.53 bits per heavy atom. The lowest BCUT2D eigenvalue weighted by molar-refractivity contribution is -0.129. The van der Waals surface area contributed by atoms with Crippen molar-refractivity contribution < 1.29 is 19.0 Å². The Balaban J connectivity index is 1.62. The van der Waals surface area contributed by atoms with Crippen molar-refractivity contribution in [2.45, 2.75) is 13.5 Å². The van der Waals surface area contributed by atoms with Gasteiger partial charge in [-0.3, -0.25) is 0 Å². The first-order valence-electron chi connectivity index (χ1n) is 10.2. The Bertz CT molecular complexity index is 1320. The fourth-order valence-corrected chi connectivity index (χ4v) is 4.85. The van der Waals surface area contributed by atoms with Gasteiger partial charge in [-0.1, -0.05) is 34.1 Å². The lowest BCUT2D eigenvalue weighted by Gasteiger charge is -2.15. The van der Waals surface area contributed by atoms with Crippen LogP contribution in [0.1, 0.15) is 23.6 Å². The second-order valence-electron chi connectivity index (χ2n) is 7.11. The molecule has 0 bridgehead atoms. The van der Waals surface area contributed by atoms with E-state index >= 15 is 0 Å². The standard InChI is InChI=1S/C25H17Br3INO4/c1-2-32-22-11-14(9-19(28)23(22)33-13-16-5-3-4-6-17(16)26)10-21-25(31)34-24(30-21)15-7-8-20(29)18(27)12-15/h3-12H,2,13H2,1H3/b21-10-. The Labute approximate surface area is 236 Å². The summed E-state index contributed by atoms with van der Waals surface area (Å²) in [4.78, 5) is 16.9. The van der Waals surface area contributed by atoms with Gasteiger partial charge in [0.15, 0.2) is 17.2 Å². The molecular weight excluding hydrogens is 745 g/mol. The zero-order valence-corrected chi connectivity index (χ0v) is 24.7. The third-order valence-corrected chi connectivity index (χ3v) is 8.45. The number of hydrogen-bond donors (Lipinski definition) is 0. The van der Waals surface area contributed by atoms with Gasteiger partial charge in [0.05, 0.1) is 11.1 Å². The second kappa shape index (κ2) is 11.4. The predicted molar refractivity (Wildman–Crippen MR) is 151 cm³/mol. The lowest BCUT2D eigenvalue weighted by Crippen LogP contribution is -2.05. The van der Waals surface area contributed by atoms with E-state index in [-0.39, 0.29) is 11.6 Å². The van der Waals surface area contributed by atoms with Crippen LogP contribution in [0.25, 0.3) is 6.08 Å². The van der Waals surface area contributed by atoms with Gasteiger partial charge in [-0.05, 0) is 109 Å². The summed E-state index contributed by atoms with van der Waals surface area (Å²) in [6.07, 6.45) is 1.67. The minimum absolute atomic E-state index is 0.209. The normalized spacial score (nSPS) is 14.2. The van der Waals surface area contributed by atoms with E-state index in [2.05, 4.69) is 75.4 Å². The van der Waals surface area contributed by atoms with E-state index in [1.54, 1.807) is 6.08 Å². The number of hydrogen-bond acceptors (Lipinski definition) is 5. The number of cyclic esters (lactones) is 1. The maximum Gasteiger partial charge on any atom is 0.363 e. The number of nitrogens with zero attached hydrogens (tertiary/aromatic N) is 1. The van der Waals surface area contributed by atoms with Crippen LogP contribution in [-0.2, 0) is 16.1 Å². The van der Waals surface area contributed by atoms with Crippen LogP contribution in [0.15, 0.2) is 78.7 Å². The van der Waals surface area contributed by atoms with E-state index in [0.29, 0.717) is 29.2 Å². The average Bonchev–Trinajstić information content (AvgIpc) is 3.16. The third kappa shape index (κ3) is 5.92. The molecule has 0 spiro atoms. The number of esters is 1. The van der Waals surface area contributed by atoms with E-state index in [1.165, 1.54) is 0 Å². The van der Waals surface area contributed by atoms with Crippen LogP contribution in [0.5, 0.6) is 11.5 Å². The van der Waals surface area contributed by atoms with Crippen molar-refractivity contribution in [2.24, 2.45) is 4.99 Å². The highest BCUT2D eigenvalue weighted by atomic mass is 127. The number of aliphatic imine (C=N–C) groups is 1. The SMILES string of the molecule is CCOc1cc(/C=C2\N=C(c3ccc(I)c(Br)c3)OC2=O)cc(Br)c1OCc1ccccc1Br. The van der Waals surface area contributed by atoms with E-state index in [9.17, 15) is 4.79 Å². The van der Waals surface area contributed by atoms with Crippen LogP contribution in [0.4, 0.5) is 0 Å². The summed E-state index contributed by atoms with van der Waals surface area (Å²) >= 11 is 12.8. The van der Waals surface area contributed by atoms with Crippen LogP contribution in [0.2, 0.25) is 0 Å². The van der Waals surface area contributed by atoms with Gasteiger partial charge in [0.25, 0.3) is 0 Å². The van der Waals surface area contributed by atoms with Crippen molar-refractivity contribution >= 4 is 88.3 Å². The van der Waals surface area contributed by atoms with Crippen LogP contribution in [0, 0.1) is 3.57 Å². The molecule has 174 valence electrons. The van der Waals surface area contributed by atoms with Gasteiger partial charge in [-0.2, -0.15) is 0 Å². The largest absolute Gasteiger partial charge is 0.490 e. The first kappa shape index (κ1) is 25.4. The molecule has 0 N–H and O–H groups in total. The molecule has 0 amide bonds. The summed E-state index contributed by atoms with van der Waals surface area (Å²) in [6, 6.07) is 17.2. The van der Waals surface area contributed by atoms with Gasteiger partial charge in [0.1, 0.15) is 6.61 Å². The summed E-state index contributed by atoms with van der Waals surface area (Å²) < 4.78 is 21.0. The van der Waals surface area contributed by atoms with Crippen molar-refractivity contribution in [1.29, 1.82) is 0 Å². The highest BCUT2D eigenvalue weighted by molar-refractivity contribution is 14.1. The summed E-state index contributed by atoms with van der Waals surface area (Å²) in [5.74, 6) is 0.911. The smallest absolute Gasteiger partial charge is 0.363 e. The van der Waals surface area contributed by atoms with Crippen molar-refractivity contribution in [3.05, 3.63) is 94.0 Å².